The molecule has 1 rings (SSSR count). The van der Waals surface area contributed by atoms with Gasteiger partial charge in [-0.2, -0.15) is 0 Å². The molecule has 3 N–H and O–H groups in total. The number of aliphatic carboxylic acids is 1. The Morgan fingerprint density at radius 3 is 2.44 bits per heavy atom. The van der Waals surface area contributed by atoms with Crippen LogP contribution in [0.3, 0.4) is 0 Å². The molecule has 0 aliphatic carbocycles. The average molecular weight is 221 g/mol. The summed E-state index contributed by atoms with van der Waals surface area (Å²) in [7, 11) is 0. The number of ketones is 1. The summed E-state index contributed by atoms with van der Waals surface area (Å²) >= 11 is 0. The van der Waals surface area contributed by atoms with Gasteiger partial charge >= 0.3 is 5.97 Å². The predicted molar refractivity (Wildman–Crippen MR) is 60.5 cm³/mol. The van der Waals surface area contributed by atoms with Gasteiger partial charge in [0, 0.05) is 12.0 Å². The van der Waals surface area contributed by atoms with Crippen LogP contribution in [0.2, 0.25) is 0 Å². The molecule has 0 aliphatic rings. The van der Waals surface area contributed by atoms with Gasteiger partial charge in [0.05, 0.1) is 0 Å². The van der Waals surface area contributed by atoms with E-state index in [1.54, 1.807) is 12.1 Å². The third-order valence-corrected chi connectivity index (χ3v) is 2.55. The van der Waals surface area contributed by atoms with E-state index < -0.39 is 12.0 Å². The number of carbonyl (C=O) groups excluding carboxylic acids is 1. The van der Waals surface area contributed by atoms with Crippen molar-refractivity contribution in [3.05, 3.63) is 34.9 Å². The van der Waals surface area contributed by atoms with Gasteiger partial charge in [-0.15, -0.1) is 0 Å². The van der Waals surface area contributed by atoms with Gasteiger partial charge in [-0.3, -0.25) is 9.59 Å². The fourth-order valence-electron chi connectivity index (χ4n) is 1.32. The highest BCUT2D eigenvalue weighted by atomic mass is 16.4. The molecule has 0 spiro atoms. The molecule has 0 radical (unpaired) electrons. The molecule has 0 bridgehead atoms. The van der Waals surface area contributed by atoms with Gasteiger partial charge < -0.3 is 10.8 Å². The second-order valence-corrected chi connectivity index (χ2v) is 3.87. The minimum absolute atomic E-state index is 0.169. The summed E-state index contributed by atoms with van der Waals surface area (Å²) < 4.78 is 0. The lowest BCUT2D eigenvalue weighted by atomic mass is 10.00. The van der Waals surface area contributed by atoms with E-state index in [1.165, 1.54) is 0 Å². The van der Waals surface area contributed by atoms with Crippen LogP contribution in [0.25, 0.3) is 0 Å². The van der Waals surface area contributed by atoms with Crippen LogP contribution >= 0.6 is 0 Å². The fraction of sp³-hybridized carbons (Fsp3) is 0.333. The lowest BCUT2D eigenvalue weighted by molar-refractivity contribution is -0.138. The average Bonchev–Trinajstić information content (AvgIpc) is 2.21. The number of Topliss-reactive ketones (excluding diaryl/α,β-unsaturated/α-hetero) is 1. The summed E-state index contributed by atoms with van der Waals surface area (Å²) in [5, 5.41) is 8.60. The Bertz CT molecular complexity index is 426. The maximum Gasteiger partial charge on any atom is 0.320 e. The van der Waals surface area contributed by atoms with E-state index in [-0.39, 0.29) is 12.2 Å². The molecule has 0 aliphatic heterocycles. The number of hydrogen-bond donors (Lipinski definition) is 2. The number of benzene rings is 1. The predicted octanol–water partition coefficient (Wildman–Crippen LogP) is 1.29. The Kier molecular flexibility index (Phi) is 3.79. The summed E-state index contributed by atoms with van der Waals surface area (Å²) in [5.41, 5.74) is 7.92. The Balaban J connectivity index is 2.81. The van der Waals surface area contributed by atoms with Crippen LogP contribution in [0, 0.1) is 13.8 Å². The Labute approximate surface area is 94.1 Å². The smallest absolute Gasteiger partial charge is 0.320 e. The van der Waals surface area contributed by atoms with Crippen molar-refractivity contribution in [3.8, 4) is 0 Å². The number of carboxylic acids is 1. The standard InChI is InChI=1S/C12H15NO3/c1-7-3-4-9(5-8(7)2)11(14)6-10(13)12(15)16/h3-5,10H,6,13H2,1-2H3,(H,15,16). The molecule has 4 heteroatoms. The first kappa shape index (κ1) is 12.4. The van der Waals surface area contributed by atoms with Gasteiger partial charge in [-0.25, -0.2) is 0 Å². The summed E-state index contributed by atoms with van der Waals surface area (Å²) in [6.07, 6.45) is -0.169. The summed E-state index contributed by atoms with van der Waals surface area (Å²) in [5.74, 6) is -1.39. The second-order valence-electron chi connectivity index (χ2n) is 3.87. The molecule has 1 unspecified atom stereocenters. The first-order chi connectivity index (χ1) is 7.41. The zero-order valence-electron chi connectivity index (χ0n) is 9.36. The lowest BCUT2D eigenvalue weighted by Crippen LogP contribution is -2.32. The second kappa shape index (κ2) is 4.90. The van der Waals surface area contributed by atoms with Crippen LogP contribution in [-0.4, -0.2) is 22.9 Å². The van der Waals surface area contributed by atoms with Crippen LogP contribution in [-0.2, 0) is 4.79 Å². The highest BCUT2D eigenvalue weighted by Crippen LogP contribution is 2.12. The van der Waals surface area contributed by atoms with E-state index in [0.29, 0.717) is 5.56 Å². The van der Waals surface area contributed by atoms with E-state index in [4.69, 9.17) is 10.8 Å². The Morgan fingerprint density at radius 1 is 1.31 bits per heavy atom. The summed E-state index contributed by atoms with van der Waals surface area (Å²) in [4.78, 5) is 22.2. The van der Waals surface area contributed by atoms with Gasteiger partial charge in [-0.1, -0.05) is 12.1 Å². The molecule has 1 aromatic carbocycles. The van der Waals surface area contributed by atoms with Crippen molar-refractivity contribution in [2.24, 2.45) is 5.73 Å². The van der Waals surface area contributed by atoms with E-state index in [1.807, 2.05) is 19.9 Å². The largest absolute Gasteiger partial charge is 0.480 e. The summed E-state index contributed by atoms with van der Waals surface area (Å²) in [6, 6.07) is 4.16. The van der Waals surface area contributed by atoms with E-state index in [2.05, 4.69) is 0 Å². The highest BCUT2D eigenvalue weighted by molar-refractivity contribution is 5.98. The van der Waals surface area contributed by atoms with E-state index in [0.717, 1.165) is 11.1 Å². The zero-order chi connectivity index (χ0) is 12.3. The molecule has 4 nitrogen and oxygen atoms in total. The first-order valence-corrected chi connectivity index (χ1v) is 5.00. The lowest BCUT2D eigenvalue weighted by Gasteiger charge is -2.07. The number of carbonyl (C=O) groups is 2. The van der Waals surface area contributed by atoms with Crippen LogP contribution < -0.4 is 5.73 Å². The van der Waals surface area contributed by atoms with Crippen molar-refractivity contribution in [2.45, 2.75) is 26.3 Å². The topological polar surface area (TPSA) is 80.4 Å². The molecule has 0 amide bonds. The minimum atomic E-state index is -1.16. The maximum absolute atomic E-state index is 11.7. The highest BCUT2D eigenvalue weighted by Gasteiger charge is 2.17. The van der Waals surface area contributed by atoms with Crippen LogP contribution in [0.15, 0.2) is 18.2 Å². The van der Waals surface area contributed by atoms with Gasteiger partial charge in [0.1, 0.15) is 6.04 Å². The number of carboxylic acid groups (broad SMARTS) is 1. The van der Waals surface area contributed by atoms with E-state index in [9.17, 15) is 9.59 Å². The molecule has 1 atom stereocenters. The van der Waals surface area contributed by atoms with Crippen molar-refractivity contribution in [2.75, 3.05) is 0 Å². The number of hydrogen-bond acceptors (Lipinski definition) is 3. The minimum Gasteiger partial charge on any atom is -0.480 e. The van der Waals surface area contributed by atoms with Gasteiger partial charge in [0.2, 0.25) is 0 Å². The van der Waals surface area contributed by atoms with Crippen LogP contribution in [0.1, 0.15) is 27.9 Å². The normalized spacial score (nSPS) is 12.2. The first-order valence-electron chi connectivity index (χ1n) is 5.00. The summed E-state index contributed by atoms with van der Waals surface area (Å²) in [6.45, 7) is 3.86. The molecule has 0 heterocycles. The van der Waals surface area contributed by atoms with Gasteiger partial charge in [0.15, 0.2) is 5.78 Å². The van der Waals surface area contributed by atoms with Crippen molar-refractivity contribution in [3.63, 3.8) is 0 Å². The number of nitrogens with two attached hydrogens (primary N) is 1. The fourth-order valence-corrected chi connectivity index (χ4v) is 1.32. The monoisotopic (exact) mass is 221 g/mol. The van der Waals surface area contributed by atoms with Gasteiger partial charge in [-0.05, 0) is 31.0 Å². The molecule has 86 valence electrons. The molecule has 0 saturated carbocycles. The quantitative estimate of drug-likeness (QED) is 0.751. The Morgan fingerprint density at radius 2 is 1.94 bits per heavy atom. The number of aryl methyl sites for hydroxylation is 2. The molecule has 0 saturated heterocycles. The Hall–Kier alpha value is -1.68. The zero-order valence-corrected chi connectivity index (χ0v) is 9.36. The third-order valence-electron chi connectivity index (χ3n) is 2.55. The maximum atomic E-state index is 11.7. The van der Waals surface area contributed by atoms with Crippen molar-refractivity contribution in [1.29, 1.82) is 0 Å². The SMILES string of the molecule is Cc1ccc(C(=O)CC(N)C(=O)O)cc1C. The molecular weight excluding hydrogens is 206 g/mol. The molecule has 1 aromatic rings. The molecule has 0 aromatic heterocycles. The van der Waals surface area contributed by atoms with Crippen LogP contribution in [0.4, 0.5) is 0 Å². The van der Waals surface area contributed by atoms with Crippen LogP contribution in [0.5, 0.6) is 0 Å². The molecular formula is C12H15NO3. The van der Waals surface area contributed by atoms with Gasteiger partial charge in [0.25, 0.3) is 0 Å². The molecule has 0 fully saturated rings. The third kappa shape index (κ3) is 2.90. The van der Waals surface area contributed by atoms with Crippen molar-refractivity contribution < 1.29 is 14.7 Å². The molecule has 16 heavy (non-hydrogen) atoms. The number of rotatable bonds is 4. The van der Waals surface area contributed by atoms with Crippen molar-refractivity contribution >= 4 is 11.8 Å². The van der Waals surface area contributed by atoms with E-state index >= 15 is 0 Å². The van der Waals surface area contributed by atoms with Crippen molar-refractivity contribution in [1.82, 2.24) is 0 Å².